The van der Waals surface area contributed by atoms with Crippen LogP contribution in [0.2, 0.25) is 0 Å². The Balaban J connectivity index is 1.96. The van der Waals surface area contributed by atoms with Crippen LogP contribution in [0.4, 0.5) is 0 Å². The number of aliphatic hydroxyl groups is 3. The Labute approximate surface area is 116 Å². The van der Waals surface area contributed by atoms with Crippen molar-refractivity contribution < 1.29 is 24.8 Å². The number of hydrogen-bond donors (Lipinski definition) is 3. The monoisotopic (exact) mass is 282 g/mol. The molecule has 1 aliphatic heterocycles. The average Bonchev–Trinajstić information content (AvgIpc) is 2.48. The molecule has 0 spiro atoms. The van der Waals surface area contributed by atoms with E-state index < -0.39 is 30.7 Å². The van der Waals surface area contributed by atoms with E-state index in [9.17, 15) is 15.3 Å². The number of pyridine rings is 1. The first-order chi connectivity index (χ1) is 9.63. The highest BCUT2D eigenvalue weighted by atomic mass is 16.7. The summed E-state index contributed by atoms with van der Waals surface area (Å²) < 4.78 is 10.3. The molecule has 7 heteroatoms. The summed E-state index contributed by atoms with van der Waals surface area (Å²) in [5, 5.41) is 29.2. The summed E-state index contributed by atoms with van der Waals surface area (Å²) in [4.78, 5) is 8.19. The van der Waals surface area contributed by atoms with E-state index in [2.05, 4.69) is 9.98 Å². The molecule has 1 saturated heterocycles. The van der Waals surface area contributed by atoms with Crippen LogP contribution in [0.3, 0.4) is 0 Å². The van der Waals surface area contributed by atoms with E-state index in [-0.39, 0.29) is 6.54 Å². The van der Waals surface area contributed by atoms with Gasteiger partial charge in [-0.05, 0) is 12.1 Å². The van der Waals surface area contributed by atoms with E-state index in [1.54, 1.807) is 24.5 Å². The number of rotatable bonds is 4. The highest BCUT2D eigenvalue weighted by Crippen LogP contribution is 2.21. The van der Waals surface area contributed by atoms with Gasteiger partial charge < -0.3 is 24.8 Å². The first-order valence-electron chi connectivity index (χ1n) is 6.27. The van der Waals surface area contributed by atoms with Crippen LogP contribution in [-0.2, 0) is 9.47 Å². The van der Waals surface area contributed by atoms with Gasteiger partial charge in [0.1, 0.15) is 24.4 Å². The summed E-state index contributed by atoms with van der Waals surface area (Å²) in [7, 11) is 1.35. The maximum Gasteiger partial charge on any atom is 0.186 e. The minimum atomic E-state index is -1.33. The van der Waals surface area contributed by atoms with E-state index in [0.717, 1.165) is 0 Å². The standard InChI is InChI=1S/C13H18N2O5/c1-19-13-12(18)11(17)10(16)9(20-13)7-14-6-8-4-2-3-5-15-8/h2-6,9-13,16-18H,7H2,1H3/t9-,10-,11+,12-,13+/m1/s1. The first-order valence-corrected chi connectivity index (χ1v) is 6.27. The van der Waals surface area contributed by atoms with Crippen LogP contribution in [0.15, 0.2) is 29.4 Å². The van der Waals surface area contributed by atoms with Gasteiger partial charge in [0.2, 0.25) is 0 Å². The number of ether oxygens (including phenoxy) is 2. The molecule has 3 N–H and O–H groups in total. The van der Waals surface area contributed by atoms with Gasteiger partial charge in [-0.25, -0.2) is 0 Å². The Morgan fingerprint density at radius 3 is 2.75 bits per heavy atom. The number of aliphatic imine (C=N–C) groups is 1. The van der Waals surface area contributed by atoms with Crippen molar-refractivity contribution in [2.24, 2.45) is 4.99 Å². The second-order valence-corrected chi connectivity index (χ2v) is 4.50. The third-order valence-electron chi connectivity index (χ3n) is 3.10. The molecule has 2 rings (SSSR count). The fraction of sp³-hybridized carbons (Fsp3) is 0.538. The molecule has 1 fully saturated rings. The normalized spacial score (nSPS) is 34.5. The van der Waals surface area contributed by atoms with Crippen LogP contribution < -0.4 is 0 Å². The molecule has 0 amide bonds. The Hall–Kier alpha value is -1.38. The van der Waals surface area contributed by atoms with Gasteiger partial charge in [0.15, 0.2) is 6.29 Å². The topological polar surface area (TPSA) is 104 Å². The van der Waals surface area contributed by atoms with Gasteiger partial charge in [-0.1, -0.05) is 6.07 Å². The van der Waals surface area contributed by atoms with Crippen LogP contribution in [-0.4, -0.2) is 70.9 Å². The van der Waals surface area contributed by atoms with Gasteiger partial charge in [-0.15, -0.1) is 0 Å². The van der Waals surface area contributed by atoms with Gasteiger partial charge in [0.05, 0.1) is 12.2 Å². The molecule has 0 unspecified atom stereocenters. The number of nitrogens with zero attached hydrogens (tertiary/aromatic N) is 2. The summed E-state index contributed by atoms with van der Waals surface area (Å²) in [6.07, 6.45) is -2.38. The lowest BCUT2D eigenvalue weighted by Gasteiger charge is -2.39. The first kappa shape index (κ1) is 15.0. The molecular weight excluding hydrogens is 264 g/mol. The maximum atomic E-state index is 9.84. The second kappa shape index (κ2) is 6.87. The SMILES string of the molecule is CO[C@H]1O[C@H](CN=Cc2ccccn2)[C@@H](O)[C@H](O)[C@H]1O. The molecule has 1 aromatic heterocycles. The smallest absolute Gasteiger partial charge is 0.186 e. The Kier molecular flexibility index (Phi) is 5.16. The molecule has 110 valence electrons. The fourth-order valence-electron chi connectivity index (χ4n) is 1.96. The average molecular weight is 282 g/mol. The number of aliphatic hydroxyl groups excluding tert-OH is 3. The molecule has 1 aromatic rings. The molecule has 0 radical (unpaired) electrons. The van der Waals surface area contributed by atoms with E-state index >= 15 is 0 Å². The predicted octanol–water partition coefficient (Wildman–Crippen LogP) is -1.05. The molecule has 0 saturated carbocycles. The van der Waals surface area contributed by atoms with Crippen LogP contribution in [0, 0.1) is 0 Å². The third-order valence-corrected chi connectivity index (χ3v) is 3.10. The van der Waals surface area contributed by atoms with Gasteiger partial charge in [0.25, 0.3) is 0 Å². The highest BCUT2D eigenvalue weighted by Gasteiger charge is 2.43. The molecule has 0 aliphatic carbocycles. The van der Waals surface area contributed by atoms with Crippen molar-refractivity contribution in [2.75, 3.05) is 13.7 Å². The fourth-order valence-corrected chi connectivity index (χ4v) is 1.96. The molecule has 2 heterocycles. The summed E-state index contributed by atoms with van der Waals surface area (Å²) in [6.45, 7) is 0.126. The summed E-state index contributed by atoms with van der Waals surface area (Å²) in [5.74, 6) is 0. The van der Waals surface area contributed by atoms with Crippen LogP contribution in [0.1, 0.15) is 5.69 Å². The third kappa shape index (κ3) is 3.38. The minimum Gasteiger partial charge on any atom is -0.388 e. The Bertz CT molecular complexity index is 440. The molecule has 5 atom stereocenters. The minimum absolute atomic E-state index is 0.126. The van der Waals surface area contributed by atoms with Crippen molar-refractivity contribution >= 4 is 6.21 Å². The van der Waals surface area contributed by atoms with Crippen molar-refractivity contribution in [1.82, 2.24) is 4.98 Å². The van der Waals surface area contributed by atoms with E-state index in [1.165, 1.54) is 7.11 Å². The lowest BCUT2D eigenvalue weighted by atomic mass is 9.99. The molecule has 0 bridgehead atoms. The lowest BCUT2D eigenvalue weighted by molar-refractivity contribution is -0.287. The highest BCUT2D eigenvalue weighted by molar-refractivity contribution is 5.76. The van der Waals surface area contributed by atoms with Gasteiger partial charge in [0, 0.05) is 19.5 Å². The van der Waals surface area contributed by atoms with Gasteiger partial charge in [-0.3, -0.25) is 9.98 Å². The summed E-state index contributed by atoms with van der Waals surface area (Å²) >= 11 is 0. The molecular formula is C13H18N2O5. The summed E-state index contributed by atoms with van der Waals surface area (Å²) in [6, 6.07) is 5.42. The van der Waals surface area contributed by atoms with E-state index in [1.807, 2.05) is 6.07 Å². The van der Waals surface area contributed by atoms with E-state index in [4.69, 9.17) is 9.47 Å². The zero-order valence-electron chi connectivity index (χ0n) is 11.0. The van der Waals surface area contributed by atoms with Crippen molar-refractivity contribution in [2.45, 2.75) is 30.7 Å². The van der Waals surface area contributed by atoms with Crippen molar-refractivity contribution in [1.29, 1.82) is 0 Å². The summed E-state index contributed by atoms with van der Waals surface area (Å²) in [5.41, 5.74) is 0.682. The number of hydrogen-bond acceptors (Lipinski definition) is 7. The number of aromatic nitrogens is 1. The van der Waals surface area contributed by atoms with Crippen molar-refractivity contribution in [3.8, 4) is 0 Å². The zero-order valence-corrected chi connectivity index (χ0v) is 11.0. The second-order valence-electron chi connectivity index (χ2n) is 4.50. The molecule has 0 aromatic carbocycles. The molecule has 1 aliphatic rings. The predicted molar refractivity (Wildman–Crippen MR) is 70.4 cm³/mol. The van der Waals surface area contributed by atoms with Gasteiger partial charge in [-0.2, -0.15) is 0 Å². The van der Waals surface area contributed by atoms with Gasteiger partial charge >= 0.3 is 0 Å². The number of methoxy groups -OCH3 is 1. The Morgan fingerprint density at radius 1 is 1.30 bits per heavy atom. The Morgan fingerprint density at radius 2 is 2.10 bits per heavy atom. The zero-order chi connectivity index (χ0) is 14.5. The van der Waals surface area contributed by atoms with Crippen LogP contribution in [0.25, 0.3) is 0 Å². The van der Waals surface area contributed by atoms with Crippen LogP contribution >= 0.6 is 0 Å². The lowest BCUT2D eigenvalue weighted by Crippen LogP contribution is -2.58. The maximum absolute atomic E-state index is 9.84. The van der Waals surface area contributed by atoms with Crippen molar-refractivity contribution in [3.05, 3.63) is 30.1 Å². The quantitative estimate of drug-likeness (QED) is 0.609. The van der Waals surface area contributed by atoms with E-state index in [0.29, 0.717) is 5.69 Å². The molecule has 20 heavy (non-hydrogen) atoms. The van der Waals surface area contributed by atoms with Crippen molar-refractivity contribution in [3.63, 3.8) is 0 Å². The van der Waals surface area contributed by atoms with Crippen LogP contribution in [0.5, 0.6) is 0 Å². The largest absolute Gasteiger partial charge is 0.388 e. The molecule has 7 nitrogen and oxygen atoms in total.